The van der Waals surface area contributed by atoms with Crippen LogP contribution in [0.3, 0.4) is 0 Å². The van der Waals surface area contributed by atoms with Crippen LogP contribution in [0.25, 0.3) is 0 Å². The van der Waals surface area contributed by atoms with E-state index in [4.69, 9.17) is 12.2 Å². The quantitative estimate of drug-likeness (QED) is 0.508. The van der Waals surface area contributed by atoms with E-state index in [0.717, 1.165) is 5.56 Å². The van der Waals surface area contributed by atoms with Crippen LogP contribution in [-0.2, 0) is 0 Å². The van der Waals surface area contributed by atoms with Gasteiger partial charge in [0, 0.05) is 6.04 Å². The number of rotatable bonds is 3. The molecule has 20 heavy (non-hydrogen) atoms. The van der Waals surface area contributed by atoms with Crippen molar-refractivity contribution >= 4 is 23.5 Å². The maximum atomic E-state index is 5.27. The van der Waals surface area contributed by atoms with Gasteiger partial charge in [-0.2, -0.15) is 5.10 Å². The first-order valence-corrected chi connectivity index (χ1v) is 7.73. The van der Waals surface area contributed by atoms with Crippen molar-refractivity contribution in [3.63, 3.8) is 0 Å². The Morgan fingerprint density at radius 1 is 1.25 bits per heavy atom. The van der Waals surface area contributed by atoms with Crippen LogP contribution in [0.5, 0.6) is 0 Å². The van der Waals surface area contributed by atoms with E-state index in [1.807, 2.05) is 6.21 Å². The molecular formula is C16H23N3S. The summed E-state index contributed by atoms with van der Waals surface area (Å²) >= 11 is 5.27. The normalized spacial score (nSPS) is 16.3. The smallest absolute Gasteiger partial charge is 0.187 e. The fourth-order valence-corrected chi connectivity index (χ4v) is 2.74. The maximum absolute atomic E-state index is 5.27. The third kappa shape index (κ3) is 4.60. The molecule has 1 aliphatic rings. The van der Waals surface area contributed by atoms with Crippen LogP contribution >= 0.6 is 12.2 Å². The second kappa shape index (κ2) is 7.39. The summed E-state index contributed by atoms with van der Waals surface area (Å²) in [6.45, 7) is 4.17. The number of thiocarbonyl (C=S) groups is 1. The number of aryl methyl sites for hydroxylation is 2. The largest absolute Gasteiger partial charge is 0.359 e. The van der Waals surface area contributed by atoms with Crippen LogP contribution < -0.4 is 10.7 Å². The molecule has 0 aromatic heterocycles. The highest BCUT2D eigenvalue weighted by Gasteiger charge is 2.13. The molecule has 1 aromatic rings. The third-order valence-electron chi connectivity index (χ3n) is 3.74. The van der Waals surface area contributed by atoms with E-state index >= 15 is 0 Å². The van der Waals surface area contributed by atoms with E-state index in [2.05, 4.69) is 47.9 Å². The predicted molar refractivity (Wildman–Crippen MR) is 89.3 cm³/mol. The molecule has 0 amide bonds. The molecule has 0 radical (unpaired) electrons. The molecule has 2 rings (SSSR count). The highest BCUT2D eigenvalue weighted by Crippen LogP contribution is 2.17. The average Bonchev–Trinajstić information content (AvgIpc) is 2.44. The van der Waals surface area contributed by atoms with Gasteiger partial charge in [0.25, 0.3) is 0 Å². The Morgan fingerprint density at radius 3 is 2.75 bits per heavy atom. The molecule has 0 heterocycles. The summed E-state index contributed by atoms with van der Waals surface area (Å²) in [7, 11) is 0. The Labute approximate surface area is 126 Å². The summed E-state index contributed by atoms with van der Waals surface area (Å²) in [5.74, 6) is 0. The fraction of sp³-hybridized carbons (Fsp3) is 0.500. The topological polar surface area (TPSA) is 36.4 Å². The van der Waals surface area contributed by atoms with Crippen molar-refractivity contribution in [1.82, 2.24) is 10.7 Å². The van der Waals surface area contributed by atoms with E-state index in [0.29, 0.717) is 11.2 Å². The lowest BCUT2D eigenvalue weighted by molar-refractivity contribution is 0.412. The summed E-state index contributed by atoms with van der Waals surface area (Å²) in [6.07, 6.45) is 8.20. The maximum Gasteiger partial charge on any atom is 0.187 e. The Kier molecular flexibility index (Phi) is 5.53. The molecule has 0 aliphatic heterocycles. The van der Waals surface area contributed by atoms with Gasteiger partial charge in [0.2, 0.25) is 0 Å². The minimum Gasteiger partial charge on any atom is -0.359 e. The fourth-order valence-electron chi connectivity index (χ4n) is 2.52. The van der Waals surface area contributed by atoms with Crippen LogP contribution in [0.4, 0.5) is 0 Å². The molecule has 0 unspecified atom stereocenters. The van der Waals surface area contributed by atoms with Crippen LogP contribution in [0.2, 0.25) is 0 Å². The Bertz CT molecular complexity index is 490. The lowest BCUT2D eigenvalue weighted by atomic mass is 9.96. The zero-order chi connectivity index (χ0) is 14.4. The molecule has 0 atom stereocenters. The Morgan fingerprint density at radius 2 is 2.00 bits per heavy atom. The van der Waals surface area contributed by atoms with Gasteiger partial charge in [-0.05, 0) is 50.0 Å². The van der Waals surface area contributed by atoms with E-state index in [9.17, 15) is 0 Å². The van der Waals surface area contributed by atoms with E-state index in [-0.39, 0.29) is 0 Å². The molecule has 3 nitrogen and oxygen atoms in total. The molecular weight excluding hydrogens is 266 g/mol. The van der Waals surface area contributed by atoms with Crippen molar-refractivity contribution in [1.29, 1.82) is 0 Å². The van der Waals surface area contributed by atoms with Gasteiger partial charge in [0.05, 0.1) is 6.21 Å². The van der Waals surface area contributed by atoms with Crippen molar-refractivity contribution < 1.29 is 0 Å². The Balaban J connectivity index is 1.83. The number of nitrogens with one attached hydrogen (secondary N) is 2. The second-order valence-electron chi connectivity index (χ2n) is 5.54. The molecule has 0 saturated heterocycles. The summed E-state index contributed by atoms with van der Waals surface area (Å²) in [6, 6.07) is 6.85. The van der Waals surface area contributed by atoms with Gasteiger partial charge in [-0.15, -0.1) is 0 Å². The zero-order valence-corrected chi connectivity index (χ0v) is 13.1. The summed E-state index contributed by atoms with van der Waals surface area (Å²) in [5.41, 5.74) is 6.49. The Hall–Kier alpha value is -1.42. The van der Waals surface area contributed by atoms with Gasteiger partial charge < -0.3 is 5.32 Å². The first-order chi connectivity index (χ1) is 9.65. The SMILES string of the molecule is Cc1ccc(C)c(/C=N\NC(=S)NC2CCCCC2)c1. The first kappa shape index (κ1) is 15.0. The minimum absolute atomic E-state index is 0.514. The van der Waals surface area contributed by atoms with Crippen molar-refractivity contribution in [2.24, 2.45) is 5.10 Å². The lowest BCUT2D eigenvalue weighted by Crippen LogP contribution is -2.40. The van der Waals surface area contributed by atoms with Crippen molar-refractivity contribution in [3.05, 3.63) is 34.9 Å². The van der Waals surface area contributed by atoms with E-state index in [1.54, 1.807) is 0 Å². The second-order valence-corrected chi connectivity index (χ2v) is 5.95. The molecule has 1 saturated carbocycles. The number of nitrogens with zero attached hydrogens (tertiary/aromatic N) is 1. The summed E-state index contributed by atoms with van der Waals surface area (Å²) in [4.78, 5) is 0. The highest BCUT2D eigenvalue weighted by molar-refractivity contribution is 7.80. The number of hydrogen-bond donors (Lipinski definition) is 2. The number of benzene rings is 1. The molecule has 0 bridgehead atoms. The van der Waals surface area contributed by atoms with Gasteiger partial charge in [-0.3, -0.25) is 5.43 Å². The van der Waals surface area contributed by atoms with Gasteiger partial charge in [0.15, 0.2) is 5.11 Å². The summed E-state index contributed by atoms with van der Waals surface area (Å²) < 4.78 is 0. The van der Waals surface area contributed by atoms with Crippen LogP contribution in [-0.4, -0.2) is 17.4 Å². The standard InChI is InChI=1S/C16H23N3S/c1-12-8-9-13(2)14(10-12)11-17-19-16(20)18-15-6-4-3-5-7-15/h8-11,15H,3-7H2,1-2H3,(H2,18,19,20)/b17-11-. The predicted octanol–water partition coefficient (Wildman–Crippen LogP) is 3.43. The monoisotopic (exact) mass is 289 g/mol. The van der Waals surface area contributed by atoms with Crippen LogP contribution in [0.15, 0.2) is 23.3 Å². The zero-order valence-electron chi connectivity index (χ0n) is 12.3. The number of hydrogen-bond acceptors (Lipinski definition) is 2. The molecule has 1 fully saturated rings. The van der Waals surface area contributed by atoms with Crippen molar-refractivity contribution in [2.75, 3.05) is 0 Å². The minimum atomic E-state index is 0.514. The van der Waals surface area contributed by atoms with Gasteiger partial charge >= 0.3 is 0 Å². The highest BCUT2D eigenvalue weighted by atomic mass is 32.1. The molecule has 1 aromatic carbocycles. The van der Waals surface area contributed by atoms with Crippen LogP contribution in [0, 0.1) is 13.8 Å². The van der Waals surface area contributed by atoms with Gasteiger partial charge in [-0.1, -0.05) is 43.0 Å². The number of hydrazone groups is 1. The third-order valence-corrected chi connectivity index (χ3v) is 3.95. The van der Waals surface area contributed by atoms with E-state index in [1.165, 1.54) is 43.2 Å². The molecule has 2 N–H and O–H groups in total. The van der Waals surface area contributed by atoms with E-state index < -0.39 is 0 Å². The van der Waals surface area contributed by atoms with Crippen LogP contribution in [0.1, 0.15) is 48.8 Å². The van der Waals surface area contributed by atoms with Crippen molar-refractivity contribution in [3.8, 4) is 0 Å². The lowest BCUT2D eigenvalue weighted by Gasteiger charge is -2.23. The average molecular weight is 289 g/mol. The van der Waals surface area contributed by atoms with Gasteiger partial charge in [-0.25, -0.2) is 0 Å². The summed E-state index contributed by atoms with van der Waals surface area (Å²) in [5, 5.41) is 8.19. The molecule has 1 aliphatic carbocycles. The molecule has 108 valence electrons. The van der Waals surface area contributed by atoms with Crippen molar-refractivity contribution in [2.45, 2.75) is 52.0 Å². The van der Waals surface area contributed by atoms with Gasteiger partial charge in [0.1, 0.15) is 0 Å². The molecule has 0 spiro atoms. The first-order valence-electron chi connectivity index (χ1n) is 7.32. The molecule has 4 heteroatoms.